The monoisotopic (exact) mass is 324 g/mol. The first kappa shape index (κ1) is 16.0. The summed E-state index contributed by atoms with van der Waals surface area (Å²) in [4.78, 5) is 12.9. The second-order valence-corrected chi connectivity index (χ2v) is 6.83. The van der Waals surface area contributed by atoms with Crippen LogP contribution in [-0.4, -0.2) is 25.6 Å². The van der Waals surface area contributed by atoms with Gasteiger partial charge >= 0.3 is 6.18 Å². The van der Waals surface area contributed by atoms with E-state index in [0.29, 0.717) is 12.8 Å². The Hall–Kier alpha value is -1.35. The van der Waals surface area contributed by atoms with Crippen LogP contribution in [0.1, 0.15) is 25.7 Å². The second kappa shape index (κ2) is 5.80. The SMILES string of the molecule is O=c1ccc(S(=O)(=O)NC2CCCC(C(F)(F)F)C2)c[nH]1. The number of nitrogens with one attached hydrogen (secondary N) is 2. The Morgan fingerprint density at radius 2 is 1.95 bits per heavy atom. The number of halogens is 3. The third-order valence-corrected chi connectivity index (χ3v) is 5.04. The molecule has 0 aromatic carbocycles. The highest BCUT2D eigenvalue weighted by Crippen LogP contribution is 2.37. The molecule has 0 bridgehead atoms. The summed E-state index contributed by atoms with van der Waals surface area (Å²) in [6.45, 7) is 0. The van der Waals surface area contributed by atoms with Crippen molar-refractivity contribution in [3.8, 4) is 0 Å². The number of rotatable bonds is 3. The standard InChI is InChI=1S/C12H15F3N2O3S/c13-12(14,15)8-2-1-3-9(6-8)17-21(19,20)10-4-5-11(18)16-7-10/h4-5,7-9,17H,1-3,6H2,(H,16,18). The zero-order valence-electron chi connectivity index (χ0n) is 11.0. The number of H-pyrrole nitrogens is 1. The van der Waals surface area contributed by atoms with Crippen molar-refractivity contribution in [2.45, 2.75) is 42.8 Å². The van der Waals surface area contributed by atoms with Crippen LogP contribution in [0.25, 0.3) is 0 Å². The van der Waals surface area contributed by atoms with Crippen LogP contribution in [0.2, 0.25) is 0 Å². The van der Waals surface area contributed by atoms with E-state index in [2.05, 4.69) is 9.71 Å². The van der Waals surface area contributed by atoms with Crippen LogP contribution in [-0.2, 0) is 10.0 Å². The molecule has 0 amide bonds. The van der Waals surface area contributed by atoms with Gasteiger partial charge in [0.1, 0.15) is 0 Å². The lowest BCUT2D eigenvalue weighted by molar-refractivity contribution is -0.183. The molecule has 1 aromatic heterocycles. The van der Waals surface area contributed by atoms with Gasteiger partial charge in [0.05, 0.1) is 10.8 Å². The number of sulfonamides is 1. The molecule has 118 valence electrons. The van der Waals surface area contributed by atoms with Gasteiger partial charge in [0.25, 0.3) is 0 Å². The number of aromatic amines is 1. The second-order valence-electron chi connectivity index (χ2n) is 5.11. The van der Waals surface area contributed by atoms with Gasteiger partial charge < -0.3 is 4.98 Å². The van der Waals surface area contributed by atoms with Crippen LogP contribution in [0.4, 0.5) is 13.2 Å². The Morgan fingerprint density at radius 1 is 1.24 bits per heavy atom. The first-order chi connectivity index (χ1) is 9.68. The van der Waals surface area contributed by atoms with Gasteiger partial charge in [-0.05, 0) is 25.3 Å². The first-order valence-electron chi connectivity index (χ1n) is 6.46. The van der Waals surface area contributed by atoms with Crippen LogP contribution in [0.3, 0.4) is 0 Å². The predicted octanol–water partition coefficient (Wildman–Crippen LogP) is 1.77. The fraction of sp³-hybridized carbons (Fsp3) is 0.583. The van der Waals surface area contributed by atoms with Crippen LogP contribution < -0.4 is 10.3 Å². The summed E-state index contributed by atoms with van der Waals surface area (Å²) >= 11 is 0. The fourth-order valence-electron chi connectivity index (χ4n) is 2.45. The molecule has 1 aliphatic rings. The Labute approximate surface area is 119 Å². The molecule has 9 heteroatoms. The number of aromatic nitrogens is 1. The molecule has 0 saturated heterocycles. The maximum atomic E-state index is 12.7. The largest absolute Gasteiger partial charge is 0.391 e. The van der Waals surface area contributed by atoms with E-state index < -0.39 is 33.7 Å². The molecule has 2 unspecified atom stereocenters. The van der Waals surface area contributed by atoms with Gasteiger partial charge in [0.15, 0.2) is 0 Å². The number of hydrogen-bond donors (Lipinski definition) is 2. The number of alkyl halides is 3. The molecule has 0 aliphatic heterocycles. The molecule has 21 heavy (non-hydrogen) atoms. The van der Waals surface area contributed by atoms with Gasteiger partial charge in [-0.15, -0.1) is 0 Å². The molecule has 1 saturated carbocycles. The van der Waals surface area contributed by atoms with Crippen molar-refractivity contribution in [1.82, 2.24) is 9.71 Å². The minimum Gasteiger partial charge on any atom is -0.328 e. The lowest BCUT2D eigenvalue weighted by Crippen LogP contribution is -2.41. The smallest absolute Gasteiger partial charge is 0.328 e. The average Bonchev–Trinajstić information content (AvgIpc) is 2.38. The van der Waals surface area contributed by atoms with Crippen molar-refractivity contribution < 1.29 is 21.6 Å². The highest BCUT2D eigenvalue weighted by molar-refractivity contribution is 7.89. The molecule has 2 rings (SSSR count). The summed E-state index contributed by atoms with van der Waals surface area (Å²) in [5, 5.41) is 0. The minimum atomic E-state index is -4.30. The molecular weight excluding hydrogens is 309 g/mol. The van der Waals surface area contributed by atoms with E-state index in [1.54, 1.807) is 0 Å². The highest BCUT2D eigenvalue weighted by atomic mass is 32.2. The zero-order valence-corrected chi connectivity index (χ0v) is 11.8. The molecule has 1 fully saturated rings. The summed E-state index contributed by atoms with van der Waals surface area (Å²) in [7, 11) is -3.93. The lowest BCUT2D eigenvalue weighted by atomic mass is 9.86. The molecule has 2 atom stereocenters. The maximum Gasteiger partial charge on any atom is 0.391 e. The fourth-order valence-corrected chi connectivity index (χ4v) is 3.70. The molecule has 1 aromatic rings. The Morgan fingerprint density at radius 3 is 2.52 bits per heavy atom. The van der Waals surface area contributed by atoms with E-state index in [9.17, 15) is 26.4 Å². The molecule has 1 aliphatic carbocycles. The molecule has 2 N–H and O–H groups in total. The summed E-state index contributed by atoms with van der Waals surface area (Å²) in [5.74, 6) is -1.48. The molecular formula is C12H15F3N2O3S. The third-order valence-electron chi connectivity index (χ3n) is 3.52. The van der Waals surface area contributed by atoms with Crippen molar-refractivity contribution in [2.75, 3.05) is 0 Å². The minimum absolute atomic E-state index is 0.0282. The van der Waals surface area contributed by atoms with Gasteiger partial charge in [-0.3, -0.25) is 4.79 Å². The van der Waals surface area contributed by atoms with Crippen LogP contribution >= 0.6 is 0 Å². The predicted molar refractivity (Wildman–Crippen MR) is 69.2 cm³/mol. The van der Waals surface area contributed by atoms with E-state index in [-0.39, 0.29) is 17.7 Å². The summed E-state index contributed by atoms with van der Waals surface area (Å²) in [6, 6.07) is 1.42. The topological polar surface area (TPSA) is 79.0 Å². The van der Waals surface area contributed by atoms with Crippen molar-refractivity contribution in [3.05, 3.63) is 28.7 Å². The highest BCUT2D eigenvalue weighted by Gasteiger charge is 2.42. The third kappa shape index (κ3) is 4.07. The van der Waals surface area contributed by atoms with E-state index in [1.807, 2.05) is 0 Å². The van der Waals surface area contributed by atoms with Crippen molar-refractivity contribution >= 4 is 10.0 Å². The van der Waals surface area contributed by atoms with E-state index >= 15 is 0 Å². The first-order valence-corrected chi connectivity index (χ1v) is 7.94. The van der Waals surface area contributed by atoms with Gasteiger partial charge in [-0.25, -0.2) is 13.1 Å². The van der Waals surface area contributed by atoms with Crippen LogP contribution in [0.5, 0.6) is 0 Å². The maximum absolute atomic E-state index is 12.7. The number of hydrogen-bond acceptors (Lipinski definition) is 3. The Bertz CT molecular complexity index is 634. The van der Waals surface area contributed by atoms with Gasteiger partial charge in [0.2, 0.25) is 15.6 Å². The van der Waals surface area contributed by atoms with E-state index in [1.165, 1.54) is 0 Å². The lowest BCUT2D eigenvalue weighted by Gasteiger charge is -2.30. The summed E-state index contributed by atoms with van der Waals surface area (Å²) in [5.41, 5.74) is -0.455. The summed E-state index contributed by atoms with van der Waals surface area (Å²) < 4.78 is 64.5. The van der Waals surface area contributed by atoms with Crippen molar-refractivity contribution in [1.29, 1.82) is 0 Å². The normalized spacial score (nSPS) is 24.0. The van der Waals surface area contributed by atoms with E-state index in [0.717, 1.165) is 18.3 Å². The average molecular weight is 324 g/mol. The van der Waals surface area contributed by atoms with Crippen molar-refractivity contribution in [3.63, 3.8) is 0 Å². The van der Waals surface area contributed by atoms with Gasteiger partial charge in [0, 0.05) is 18.3 Å². The quantitative estimate of drug-likeness (QED) is 0.889. The molecule has 0 radical (unpaired) electrons. The van der Waals surface area contributed by atoms with Gasteiger partial charge in [-0.2, -0.15) is 13.2 Å². The molecule has 5 nitrogen and oxygen atoms in total. The zero-order chi connectivity index (χ0) is 15.7. The summed E-state index contributed by atoms with van der Waals surface area (Å²) in [6.07, 6.45) is -2.82. The molecule has 0 spiro atoms. The Balaban J connectivity index is 2.10. The van der Waals surface area contributed by atoms with Crippen LogP contribution in [0, 0.1) is 5.92 Å². The Kier molecular flexibility index (Phi) is 4.43. The molecule has 1 heterocycles. The van der Waals surface area contributed by atoms with E-state index in [4.69, 9.17) is 0 Å². The van der Waals surface area contributed by atoms with Crippen molar-refractivity contribution in [2.24, 2.45) is 5.92 Å². The number of pyridine rings is 1. The van der Waals surface area contributed by atoms with Gasteiger partial charge in [-0.1, -0.05) is 6.42 Å². The van der Waals surface area contributed by atoms with Crippen LogP contribution in [0.15, 0.2) is 28.0 Å².